The van der Waals surface area contributed by atoms with Crippen molar-refractivity contribution in [3.63, 3.8) is 0 Å². The molecule has 0 fully saturated rings. The number of benzene rings is 1. The van der Waals surface area contributed by atoms with E-state index in [1.165, 1.54) is 0 Å². The van der Waals surface area contributed by atoms with E-state index in [0.717, 1.165) is 21.2 Å². The summed E-state index contributed by atoms with van der Waals surface area (Å²) in [6, 6.07) is 3.93. The third-order valence-electron chi connectivity index (χ3n) is 1.87. The Morgan fingerprint density at radius 3 is 2.42 bits per heavy atom. The molecule has 0 amide bonds. The number of Topliss-reactive ketones (excluding diaryl/α,β-unsaturated/α-hetero) is 1. The highest BCUT2D eigenvalue weighted by Gasteiger charge is 2.06. The van der Waals surface area contributed by atoms with E-state index in [1.54, 1.807) is 6.92 Å². The molecule has 0 aromatic heterocycles. The zero-order valence-electron chi connectivity index (χ0n) is 7.44. The molecule has 0 radical (unpaired) electrons. The van der Waals surface area contributed by atoms with Gasteiger partial charge >= 0.3 is 0 Å². The molecule has 0 aliphatic carbocycles. The Kier molecular flexibility index (Phi) is 2.68. The lowest BCUT2D eigenvalue weighted by molar-refractivity contribution is 0.101. The molecule has 1 nitrogen and oxygen atoms in total. The van der Waals surface area contributed by atoms with E-state index in [0.29, 0.717) is 0 Å². The van der Waals surface area contributed by atoms with Crippen molar-refractivity contribution in [2.45, 2.75) is 20.8 Å². The monoisotopic (exact) mass is 226 g/mol. The molecule has 0 saturated heterocycles. The number of ketones is 1. The summed E-state index contributed by atoms with van der Waals surface area (Å²) in [6.07, 6.45) is 0. The summed E-state index contributed by atoms with van der Waals surface area (Å²) in [7, 11) is 0. The first-order chi connectivity index (χ1) is 5.52. The van der Waals surface area contributed by atoms with Crippen molar-refractivity contribution in [2.75, 3.05) is 0 Å². The van der Waals surface area contributed by atoms with Crippen LogP contribution in [0, 0.1) is 13.8 Å². The molecule has 2 heteroatoms. The van der Waals surface area contributed by atoms with Gasteiger partial charge in [-0.25, -0.2) is 0 Å². The van der Waals surface area contributed by atoms with Crippen LogP contribution in [0.5, 0.6) is 0 Å². The molecule has 64 valence electrons. The third kappa shape index (κ3) is 1.75. The predicted octanol–water partition coefficient (Wildman–Crippen LogP) is 3.27. The van der Waals surface area contributed by atoms with E-state index in [1.807, 2.05) is 26.0 Å². The largest absolute Gasteiger partial charge is 0.295 e. The second kappa shape index (κ2) is 3.40. The van der Waals surface area contributed by atoms with Gasteiger partial charge in [0.1, 0.15) is 0 Å². The second-order valence-electron chi connectivity index (χ2n) is 2.98. The average molecular weight is 227 g/mol. The van der Waals surface area contributed by atoms with E-state index in [4.69, 9.17) is 0 Å². The number of carbonyl (C=O) groups is 1. The van der Waals surface area contributed by atoms with Gasteiger partial charge in [-0.1, -0.05) is 15.9 Å². The lowest BCUT2D eigenvalue weighted by atomic mass is 10.0. The molecule has 0 heterocycles. The van der Waals surface area contributed by atoms with Gasteiger partial charge < -0.3 is 0 Å². The molecule has 1 aromatic carbocycles. The maximum Gasteiger partial charge on any atom is 0.160 e. The van der Waals surface area contributed by atoms with Crippen molar-refractivity contribution < 1.29 is 4.79 Å². The highest BCUT2D eigenvalue weighted by molar-refractivity contribution is 9.10. The lowest BCUT2D eigenvalue weighted by Crippen LogP contribution is -1.97. The van der Waals surface area contributed by atoms with Gasteiger partial charge in [-0.15, -0.1) is 0 Å². The molecular formula is C10H11BrO. The summed E-state index contributed by atoms with van der Waals surface area (Å²) in [6.45, 7) is 5.52. The van der Waals surface area contributed by atoms with Crippen LogP contribution in [-0.2, 0) is 0 Å². The zero-order chi connectivity index (χ0) is 9.30. The number of halogens is 1. The standard InChI is InChI=1S/C10H11BrO/c1-6-4-9(8(3)12)7(2)10(11)5-6/h4-5H,1-3H3. The molecular weight excluding hydrogens is 216 g/mol. The smallest absolute Gasteiger partial charge is 0.160 e. The summed E-state index contributed by atoms with van der Waals surface area (Å²) < 4.78 is 1.01. The SMILES string of the molecule is CC(=O)c1cc(C)cc(Br)c1C. The number of carbonyl (C=O) groups excluding carboxylic acids is 1. The molecule has 0 aliphatic heterocycles. The minimum atomic E-state index is 0.122. The minimum absolute atomic E-state index is 0.122. The Morgan fingerprint density at radius 2 is 1.92 bits per heavy atom. The first-order valence-corrected chi connectivity index (χ1v) is 4.59. The highest BCUT2D eigenvalue weighted by atomic mass is 79.9. The van der Waals surface area contributed by atoms with Gasteiger partial charge in [-0.2, -0.15) is 0 Å². The minimum Gasteiger partial charge on any atom is -0.295 e. The van der Waals surface area contributed by atoms with Crippen molar-refractivity contribution in [3.8, 4) is 0 Å². The van der Waals surface area contributed by atoms with Crippen molar-refractivity contribution in [3.05, 3.63) is 33.3 Å². The van der Waals surface area contributed by atoms with E-state index >= 15 is 0 Å². The van der Waals surface area contributed by atoms with Gasteiger partial charge in [0.2, 0.25) is 0 Å². The molecule has 0 bridgehead atoms. The van der Waals surface area contributed by atoms with Crippen LogP contribution in [0.3, 0.4) is 0 Å². The van der Waals surface area contributed by atoms with Gasteiger partial charge in [-0.05, 0) is 44.0 Å². The average Bonchev–Trinajstić information content (AvgIpc) is 1.96. The lowest BCUT2D eigenvalue weighted by Gasteiger charge is -2.05. The van der Waals surface area contributed by atoms with Crippen LogP contribution < -0.4 is 0 Å². The molecule has 0 atom stereocenters. The number of hydrogen-bond acceptors (Lipinski definition) is 1. The molecule has 12 heavy (non-hydrogen) atoms. The quantitative estimate of drug-likeness (QED) is 0.673. The Hall–Kier alpha value is -0.630. The van der Waals surface area contributed by atoms with Crippen LogP contribution >= 0.6 is 15.9 Å². The third-order valence-corrected chi connectivity index (χ3v) is 2.69. The van der Waals surface area contributed by atoms with E-state index in [-0.39, 0.29) is 5.78 Å². The zero-order valence-corrected chi connectivity index (χ0v) is 9.03. The first-order valence-electron chi connectivity index (χ1n) is 3.80. The summed E-state index contributed by atoms with van der Waals surface area (Å²) in [5.41, 5.74) is 2.94. The first kappa shape index (κ1) is 9.46. The highest BCUT2D eigenvalue weighted by Crippen LogP contribution is 2.22. The second-order valence-corrected chi connectivity index (χ2v) is 3.83. The Bertz CT molecular complexity index is 329. The summed E-state index contributed by atoms with van der Waals surface area (Å²) in [5, 5.41) is 0. The van der Waals surface area contributed by atoms with Crippen molar-refractivity contribution in [2.24, 2.45) is 0 Å². The van der Waals surface area contributed by atoms with Crippen LogP contribution in [0.2, 0.25) is 0 Å². The number of aryl methyl sites for hydroxylation is 1. The van der Waals surface area contributed by atoms with E-state index < -0.39 is 0 Å². The predicted molar refractivity (Wildman–Crippen MR) is 53.6 cm³/mol. The van der Waals surface area contributed by atoms with Crippen LogP contribution in [0.15, 0.2) is 16.6 Å². The number of rotatable bonds is 1. The fourth-order valence-electron chi connectivity index (χ4n) is 1.18. The van der Waals surface area contributed by atoms with Crippen molar-refractivity contribution in [1.29, 1.82) is 0 Å². The summed E-state index contributed by atoms with van der Waals surface area (Å²) >= 11 is 3.41. The van der Waals surface area contributed by atoms with Crippen LogP contribution in [-0.4, -0.2) is 5.78 Å². The summed E-state index contributed by atoms with van der Waals surface area (Å²) in [4.78, 5) is 11.1. The topological polar surface area (TPSA) is 17.1 Å². The van der Waals surface area contributed by atoms with Gasteiger partial charge in [0.05, 0.1) is 0 Å². The van der Waals surface area contributed by atoms with Crippen LogP contribution in [0.4, 0.5) is 0 Å². The van der Waals surface area contributed by atoms with Gasteiger partial charge in [0, 0.05) is 10.0 Å². The summed E-state index contributed by atoms with van der Waals surface area (Å²) in [5.74, 6) is 0.122. The van der Waals surface area contributed by atoms with Gasteiger partial charge in [-0.3, -0.25) is 4.79 Å². The molecule has 0 spiro atoms. The molecule has 0 saturated carbocycles. The van der Waals surface area contributed by atoms with Crippen molar-refractivity contribution in [1.82, 2.24) is 0 Å². The molecule has 0 unspecified atom stereocenters. The maximum atomic E-state index is 11.1. The molecule has 1 rings (SSSR count). The van der Waals surface area contributed by atoms with Gasteiger partial charge in [0.15, 0.2) is 5.78 Å². The van der Waals surface area contributed by atoms with Crippen molar-refractivity contribution >= 4 is 21.7 Å². The van der Waals surface area contributed by atoms with E-state index in [9.17, 15) is 4.79 Å². The maximum absolute atomic E-state index is 11.1. The van der Waals surface area contributed by atoms with Gasteiger partial charge in [0.25, 0.3) is 0 Å². The molecule has 0 N–H and O–H groups in total. The molecule has 1 aromatic rings. The van der Waals surface area contributed by atoms with Crippen LogP contribution in [0.1, 0.15) is 28.4 Å². The fraction of sp³-hybridized carbons (Fsp3) is 0.300. The van der Waals surface area contributed by atoms with Crippen LogP contribution in [0.25, 0.3) is 0 Å². The Balaban J connectivity index is 3.37. The molecule has 0 aliphatic rings. The van der Waals surface area contributed by atoms with E-state index in [2.05, 4.69) is 15.9 Å². The Morgan fingerprint density at radius 1 is 1.33 bits per heavy atom. The number of hydrogen-bond donors (Lipinski definition) is 0. The fourth-order valence-corrected chi connectivity index (χ4v) is 1.75. The Labute approximate surface area is 80.9 Å². The normalized spacial score (nSPS) is 10.0.